The Hall–Kier alpha value is -2.80. The molecule has 0 saturated carbocycles. The Morgan fingerprint density at radius 2 is 1.89 bits per heavy atom. The van der Waals surface area contributed by atoms with Gasteiger partial charge in [-0.15, -0.1) is 11.3 Å². The number of anilines is 2. The number of nitrogen functional groups attached to an aromatic ring is 1. The van der Waals surface area contributed by atoms with E-state index >= 15 is 0 Å². The second-order valence-electron chi connectivity index (χ2n) is 7.53. The summed E-state index contributed by atoms with van der Waals surface area (Å²) < 4.78 is 6.30. The number of hydrogen-bond acceptors (Lipinski definition) is 6. The SMILES string of the molecule is CC(C)(C)OC(=O)NCCCNc1ccc(-c2nc3ccc(N)cc3s2)cc1. The molecule has 0 fully saturated rings. The normalized spacial score (nSPS) is 11.4. The third-order valence-corrected chi connectivity index (χ3v) is 4.96. The molecule has 0 atom stereocenters. The monoisotopic (exact) mass is 398 g/mol. The molecule has 0 unspecified atom stereocenters. The van der Waals surface area contributed by atoms with Crippen molar-refractivity contribution in [2.45, 2.75) is 32.8 Å². The molecular weight excluding hydrogens is 372 g/mol. The summed E-state index contributed by atoms with van der Waals surface area (Å²) in [7, 11) is 0. The van der Waals surface area contributed by atoms with Gasteiger partial charge in [-0.1, -0.05) is 0 Å². The molecule has 1 heterocycles. The number of carbonyl (C=O) groups excluding carboxylic acids is 1. The van der Waals surface area contributed by atoms with Gasteiger partial charge in [-0.3, -0.25) is 0 Å². The van der Waals surface area contributed by atoms with Crippen LogP contribution in [0.4, 0.5) is 16.2 Å². The van der Waals surface area contributed by atoms with Crippen molar-refractivity contribution in [2.24, 2.45) is 0 Å². The van der Waals surface area contributed by atoms with Crippen LogP contribution < -0.4 is 16.4 Å². The zero-order valence-electron chi connectivity index (χ0n) is 16.4. The van der Waals surface area contributed by atoms with Crippen LogP contribution in [0.15, 0.2) is 42.5 Å². The fraction of sp³-hybridized carbons (Fsp3) is 0.333. The number of ether oxygens (including phenoxy) is 1. The first kappa shape index (κ1) is 19.9. The van der Waals surface area contributed by atoms with Gasteiger partial charge < -0.3 is 21.1 Å². The number of aromatic nitrogens is 1. The van der Waals surface area contributed by atoms with E-state index in [1.54, 1.807) is 11.3 Å². The number of nitrogens with two attached hydrogens (primary N) is 1. The predicted molar refractivity (Wildman–Crippen MR) is 117 cm³/mol. The predicted octanol–water partition coefficient (Wildman–Crippen LogP) is 4.87. The lowest BCUT2D eigenvalue weighted by atomic mass is 10.2. The van der Waals surface area contributed by atoms with Gasteiger partial charge >= 0.3 is 6.09 Å². The Kier molecular flexibility index (Phi) is 6.04. The van der Waals surface area contributed by atoms with Crippen LogP contribution in [-0.2, 0) is 4.74 Å². The van der Waals surface area contributed by atoms with Crippen LogP contribution >= 0.6 is 11.3 Å². The first-order valence-corrected chi connectivity index (χ1v) is 10.1. The van der Waals surface area contributed by atoms with Gasteiger partial charge in [0.25, 0.3) is 0 Å². The highest BCUT2D eigenvalue weighted by Gasteiger charge is 2.15. The summed E-state index contributed by atoms with van der Waals surface area (Å²) in [6.07, 6.45) is 0.426. The van der Waals surface area contributed by atoms with E-state index in [-0.39, 0.29) is 6.09 Å². The second kappa shape index (κ2) is 8.48. The second-order valence-corrected chi connectivity index (χ2v) is 8.56. The van der Waals surface area contributed by atoms with E-state index in [4.69, 9.17) is 10.5 Å². The molecule has 3 aromatic rings. The van der Waals surface area contributed by atoms with E-state index < -0.39 is 5.60 Å². The third kappa shape index (κ3) is 5.60. The van der Waals surface area contributed by atoms with E-state index in [2.05, 4.69) is 27.8 Å². The highest BCUT2D eigenvalue weighted by Crippen LogP contribution is 2.31. The van der Waals surface area contributed by atoms with Crippen molar-refractivity contribution in [3.8, 4) is 10.6 Å². The zero-order chi connectivity index (χ0) is 20.1. The maximum Gasteiger partial charge on any atom is 0.407 e. The Bertz CT molecular complexity index is 945. The van der Waals surface area contributed by atoms with Gasteiger partial charge in [0.15, 0.2) is 0 Å². The molecule has 3 rings (SSSR count). The van der Waals surface area contributed by atoms with Crippen LogP contribution in [0.2, 0.25) is 0 Å². The summed E-state index contributed by atoms with van der Waals surface area (Å²) in [6.45, 7) is 6.87. The minimum absolute atomic E-state index is 0.380. The molecule has 0 aliphatic heterocycles. The molecule has 0 spiro atoms. The molecule has 7 heteroatoms. The van der Waals surface area contributed by atoms with Crippen LogP contribution in [0.5, 0.6) is 0 Å². The van der Waals surface area contributed by atoms with Crippen molar-refractivity contribution < 1.29 is 9.53 Å². The van der Waals surface area contributed by atoms with Crippen LogP contribution in [0.3, 0.4) is 0 Å². The van der Waals surface area contributed by atoms with Crippen LogP contribution in [0.1, 0.15) is 27.2 Å². The number of carbonyl (C=O) groups is 1. The van der Waals surface area contributed by atoms with Crippen molar-refractivity contribution in [3.63, 3.8) is 0 Å². The largest absolute Gasteiger partial charge is 0.444 e. The fourth-order valence-electron chi connectivity index (χ4n) is 2.62. The first-order valence-electron chi connectivity index (χ1n) is 9.27. The van der Waals surface area contributed by atoms with E-state index in [1.807, 2.05) is 51.1 Å². The van der Waals surface area contributed by atoms with Crippen LogP contribution in [-0.4, -0.2) is 29.8 Å². The highest BCUT2D eigenvalue weighted by molar-refractivity contribution is 7.21. The lowest BCUT2D eigenvalue weighted by molar-refractivity contribution is 0.0528. The average molecular weight is 399 g/mol. The molecule has 6 nitrogen and oxygen atoms in total. The molecule has 4 N–H and O–H groups in total. The lowest BCUT2D eigenvalue weighted by Crippen LogP contribution is -2.33. The number of nitrogens with one attached hydrogen (secondary N) is 2. The molecule has 0 saturated heterocycles. The van der Waals surface area contributed by atoms with Crippen LogP contribution in [0, 0.1) is 0 Å². The number of hydrogen-bond donors (Lipinski definition) is 3. The molecule has 148 valence electrons. The standard InChI is InChI=1S/C21H26N4O2S/c1-21(2,3)27-20(26)24-12-4-11-23-16-8-5-14(6-9-16)19-25-17-10-7-15(22)13-18(17)28-19/h5-10,13,23H,4,11-12,22H2,1-3H3,(H,24,26). The number of benzene rings is 2. The van der Waals surface area contributed by atoms with Gasteiger partial charge in [0, 0.05) is 30.0 Å². The fourth-order valence-corrected chi connectivity index (χ4v) is 3.64. The third-order valence-electron chi connectivity index (χ3n) is 3.90. The van der Waals surface area contributed by atoms with Gasteiger partial charge in [0.1, 0.15) is 10.6 Å². The molecule has 0 aliphatic carbocycles. The Balaban J connectivity index is 1.47. The lowest BCUT2D eigenvalue weighted by Gasteiger charge is -2.19. The number of amides is 1. The van der Waals surface area contributed by atoms with Crippen LogP contribution in [0.25, 0.3) is 20.8 Å². The van der Waals surface area contributed by atoms with Gasteiger partial charge in [-0.05, 0) is 69.7 Å². The molecule has 1 aromatic heterocycles. The number of alkyl carbamates (subject to hydrolysis) is 1. The summed E-state index contributed by atoms with van der Waals surface area (Å²) >= 11 is 1.64. The number of rotatable bonds is 6. The summed E-state index contributed by atoms with van der Waals surface area (Å²) in [6, 6.07) is 14.0. The van der Waals surface area contributed by atoms with Gasteiger partial charge in [0.05, 0.1) is 10.2 Å². The van der Waals surface area contributed by atoms with E-state index in [9.17, 15) is 4.79 Å². The topological polar surface area (TPSA) is 89.3 Å². The molecule has 0 bridgehead atoms. The summed E-state index contributed by atoms with van der Waals surface area (Å²) in [5.74, 6) is 0. The summed E-state index contributed by atoms with van der Waals surface area (Å²) in [5, 5.41) is 7.09. The number of nitrogens with zero attached hydrogens (tertiary/aromatic N) is 1. The Morgan fingerprint density at radius 3 is 2.61 bits per heavy atom. The van der Waals surface area contributed by atoms with Crippen molar-refractivity contribution >= 4 is 39.0 Å². The van der Waals surface area contributed by atoms with Crippen molar-refractivity contribution in [2.75, 3.05) is 24.1 Å². The molecular formula is C21H26N4O2S. The molecule has 0 radical (unpaired) electrons. The summed E-state index contributed by atoms with van der Waals surface area (Å²) in [4.78, 5) is 16.3. The first-order chi connectivity index (χ1) is 13.3. The average Bonchev–Trinajstić information content (AvgIpc) is 3.03. The maximum absolute atomic E-state index is 11.6. The van der Waals surface area contributed by atoms with Gasteiger partial charge in [-0.25, -0.2) is 9.78 Å². The highest BCUT2D eigenvalue weighted by atomic mass is 32.1. The van der Waals surface area contributed by atoms with E-state index in [0.29, 0.717) is 6.54 Å². The smallest absolute Gasteiger partial charge is 0.407 e. The molecule has 28 heavy (non-hydrogen) atoms. The Labute approximate surface area is 169 Å². The van der Waals surface area contributed by atoms with Crippen molar-refractivity contribution in [3.05, 3.63) is 42.5 Å². The van der Waals surface area contributed by atoms with Crippen molar-refractivity contribution in [1.82, 2.24) is 10.3 Å². The quantitative estimate of drug-likeness (QED) is 0.407. The number of thiazole rings is 1. The molecule has 0 aliphatic rings. The Morgan fingerprint density at radius 1 is 1.14 bits per heavy atom. The van der Waals surface area contributed by atoms with E-state index in [1.165, 1.54) is 0 Å². The van der Waals surface area contributed by atoms with E-state index in [0.717, 1.165) is 45.1 Å². The zero-order valence-corrected chi connectivity index (χ0v) is 17.2. The molecule has 2 aromatic carbocycles. The van der Waals surface area contributed by atoms with Gasteiger partial charge in [-0.2, -0.15) is 0 Å². The number of fused-ring (bicyclic) bond motifs is 1. The molecule has 1 amide bonds. The minimum atomic E-state index is -0.472. The summed E-state index contributed by atoms with van der Waals surface area (Å²) in [5.41, 5.74) is 9.21. The van der Waals surface area contributed by atoms with Gasteiger partial charge in [0.2, 0.25) is 0 Å². The van der Waals surface area contributed by atoms with Crippen molar-refractivity contribution in [1.29, 1.82) is 0 Å². The maximum atomic E-state index is 11.6. The minimum Gasteiger partial charge on any atom is -0.444 e.